The van der Waals surface area contributed by atoms with Crippen LogP contribution in [-0.4, -0.2) is 22.1 Å². The van der Waals surface area contributed by atoms with Crippen LogP contribution >= 0.6 is 27.3 Å². The third-order valence-corrected chi connectivity index (χ3v) is 6.59. The van der Waals surface area contributed by atoms with E-state index in [4.69, 9.17) is 4.74 Å². The van der Waals surface area contributed by atoms with Gasteiger partial charge in [0, 0.05) is 16.6 Å². The minimum Gasteiger partial charge on any atom is -0.463 e. The van der Waals surface area contributed by atoms with E-state index in [2.05, 4.69) is 20.9 Å². The van der Waals surface area contributed by atoms with Gasteiger partial charge in [-0.3, -0.25) is 19.5 Å². The Kier molecular flexibility index (Phi) is 6.39. The number of nitro benzene ring substituents is 1. The summed E-state index contributed by atoms with van der Waals surface area (Å²) in [5.41, 5.74) is 1.63. The smallest absolute Gasteiger partial charge is 0.338 e. The van der Waals surface area contributed by atoms with Crippen molar-refractivity contribution in [3.8, 4) is 0 Å². The molecule has 0 spiro atoms. The number of benzene rings is 2. The van der Waals surface area contributed by atoms with Gasteiger partial charge in [-0.05, 0) is 43.2 Å². The number of esters is 1. The van der Waals surface area contributed by atoms with Crippen molar-refractivity contribution < 1.29 is 14.5 Å². The number of rotatable bonds is 5. The van der Waals surface area contributed by atoms with Crippen molar-refractivity contribution in [1.82, 2.24) is 4.57 Å². The van der Waals surface area contributed by atoms with E-state index in [-0.39, 0.29) is 17.9 Å². The molecule has 0 fully saturated rings. The summed E-state index contributed by atoms with van der Waals surface area (Å²) >= 11 is 4.58. The lowest BCUT2D eigenvalue weighted by Gasteiger charge is -2.24. The zero-order valence-corrected chi connectivity index (χ0v) is 20.1. The number of carbonyl (C=O) groups excluding carboxylic acids is 1. The highest BCUT2D eigenvalue weighted by Gasteiger charge is 2.33. The molecule has 0 saturated heterocycles. The Labute approximate surface area is 200 Å². The molecule has 2 aromatic carbocycles. The molecule has 1 aliphatic heterocycles. The Morgan fingerprint density at radius 2 is 2.03 bits per heavy atom. The Hall–Kier alpha value is -3.37. The number of hydrogen-bond acceptors (Lipinski definition) is 7. The fourth-order valence-corrected chi connectivity index (χ4v) is 4.94. The summed E-state index contributed by atoms with van der Waals surface area (Å²) in [6, 6.07) is 12.7. The van der Waals surface area contributed by atoms with Crippen molar-refractivity contribution in [3.05, 3.63) is 105 Å². The highest BCUT2D eigenvalue weighted by atomic mass is 79.9. The maximum atomic E-state index is 13.5. The number of fused-ring (bicyclic) bond motifs is 1. The number of nitrogens with zero attached hydrogens (tertiary/aromatic N) is 3. The van der Waals surface area contributed by atoms with Crippen molar-refractivity contribution in [2.45, 2.75) is 19.9 Å². The summed E-state index contributed by atoms with van der Waals surface area (Å²) in [6.45, 7) is 3.63. The summed E-state index contributed by atoms with van der Waals surface area (Å²) in [5, 5.41) is 11.1. The third-order valence-electron chi connectivity index (χ3n) is 5.08. The average Bonchev–Trinajstić information content (AvgIpc) is 3.08. The lowest BCUT2D eigenvalue weighted by atomic mass is 9.96. The molecular weight excluding hydrogens is 510 g/mol. The number of hydrogen-bond donors (Lipinski definition) is 0. The third kappa shape index (κ3) is 4.44. The van der Waals surface area contributed by atoms with Gasteiger partial charge in [0.25, 0.3) is 11.2 Å². The van der Waals surface area contributed by atoms with Gasteiger partial charge in [0.2, 0.25) is 0 Å². The molecule has 0 bridgehead atoms. The number of non-ortho nitro benzene ring substituents is 1. The molecule has 33 heavy (non-hydrogen) atoms. The number of allylic oxidation sites excluding steroid dienone is 1. The molecule has 10 heteroatoms. The topological polar surface area (TPSA) is 104 Å². The molecule has 2 heterocycles. The fraction of sp³-hybridized carbons (Fsp3) is 0.174. The number of ether oxygens (including phenoxy) is 1. The predicted molar refractivity (Wildman–Crippen MR) is 128 cm³/mol. The highest BCUT2D eigenvalue weighted by Crippen LogP contribution is 2.31. The van der Waals surface area contributed by atoms with Crippen LogP contribution < -0.4 is 14.9 Å². The summed E-state index contributed by atoms with van der Waals surface area (Å²) in [5.74, 6) is -0.528. The van der Waals surface area contributed by atoms with Gasteiger partial charge in [0.15, 0.2) is 4.80 Å². The first kappa shape index (κ1) is 22.8. The van der Waals surface area contributed by atoms with Crippen molar-refractivity contribution in [1.29, 1.82) is 0 Å². The molecule has 8 nitrogen and oxygen atoms in total. The van der Waals surface area contributed by atoms with Crippen molar-refractivity contribution in [2.75, 3.05) is 6.61 Å². The minimum atomic E-state index is -0.708. The second kappa shape index (κ2) is 9.24. The van der Waals surface area contributed by atoms with Crippen LogP contribution in [0.2, 0.25) is 0 Å². The van der Waals surface area contributed by atoms with Gasteiger partial charge in [-0.1, -0.05) is 51.5 Å². The van der Waals surface area contributed by atoms with Gasteiger partial charge < -0.3 is 4.74 Å². The molecule has 4 rings (SSSR count). The quantitative estimate of drug-likeness (QED) is 0.287. The Bertz CT molecular complexity index is 1470. The van der Waals surface area contributed by atoms with E-state index in [1.54, 1.807) is 32.1 Å². The van der Waals surface area contributed by atoms with Crippen molar-refractivity contribution in [3.63, 3.8) is 0 Å². The Morgan fingerprint density at radius 3 is 2.70 bits per heavy atom. The summed E-state index contributed by atoms with van der Waals surface area (Å²) < 4.78 is 7.97. The first-order chi connectivity index (χ1) is 15.8. The van der Waals surface area contributed by atoms with Crippen molar-refractivity contribution >= 4 is 45.0 Å². The van der Waals surface area contributed by atoms with Gasteiger partial charge in [0.1, 0.15) is 0 Å². The molecule has 1 unspecified atom stereocenters. The SMILES string of the molecule is CCOC(=O)C1=C(C)N=c2s/c(=C\c3cccc([N+](=O)[O-])c3)c(=O)n2C1c1ccc(Br)cc1. The van der Waals surface area contributed by atoms with Crippen LogP contribution in [0.4, 0.5) is 5.69 Å². The molecule has 0 aliphatic carbocycles. The molecule has 3 aromatic rings. The molecular formula is C23H18BrN3O5S. The number of thiazole rings is 1. The standard InChI is InChI=1S/C23H18BrN3O5S/c1-3-32-22(29)19-13(2)25-23-26(20(19)15-7-9-16(24)10-8-15)21(28)18(33-23)12-14-5-4-6-17(11-14)27(30)31/h4-12,20H,3H2,1-2H3/b18-12-. The van der Waals surface area contributed by atoms with E-state index in [9.17, 15) is 19.7 Å². The zero-order valence-electron chi connectivity index (χ0n) is 17.6. The van der Waals surface area contributed by atoms with E-state index < -0.39 is 16.9 Å². The van der Waals surface area contributed by atoms with Gasteiger partial charge in [0.05, 0.1) is 33.4 Å². The molecule has 1 aliphatic rings. The van der Waals surface area contributed by atoms with Gasteiger partial charge in [-0.15, -0.1) is 0 Å². The lowest BCUT2D eigenvalue weighted by Crippen LogP contribution is -2.39. The largest absolute Gasteiger partial charge is 0.463 e. The summed E-state index contributed by atoms with van der Waals surface area (Å²) in [6.07, 6.45) is 1.60. The second-order valence-electron chi connectivity index (χ2n) is 7.21. The molecule has 1 aromatic heterocycles. The van der Waals surface area contributed by atoms with Crippen LogP contribution in [0.5, 0.6) is 0 Å². The average molecular weight is 528 g/mol. The zero-order chi connectivity index (χ0) is 23.7. The number of nitro groups is 1. The maximum absolute atomic E-state index is 13.5. The Balaban J connectivity index is 1.94. The fourth-order valence-electron chi connectivity index (χ4n) is 3.63. The first-order valence-electron chi connectivity index (χ1n) is 9.99. The van der Waals surface area contributed by atoms with Crippen molar-refractivity contribution in [2.24, 2.45) is 4.99 Å². The van der Waals surface area contributed by atoms with Gasteiger partial charge >= 0.3 is 5.97 Å². The van der Waals surface area contributed by atoms with Crippen LogP contribution in [0, 0.1) is 10.1 Å². The van der Waals surface area contributed by atoms with E-state index >= 15 is 0 Å². The number of aromatic nitrogens is 1. The van der Waals surface area contributed by atoms with Crippen LogP contribution in [0.3, 0.4) is 0 Å². The van der Waals surface area contributed by atoms with E-state index in [0.29, 0.717) is 26.2 Å². The lowest BCUT2D eigenvalue weighted by molar-refractivity contribution is -0.384. The van der Waals surface area contributed by atoms with Crippen LogP contribution in [0.25, 0.3) is 6.08 Å². The van der Waals surface area contributed by atoms with Gasteiger partial charge in [-0.25, -0.2) is 9.79 Å². The van der Waals surface area contributed by atoms with E-state index in [0.717, 1.165) is 10.0 Å². The normalized spacial score (nSPS) is 15.7. The molecule has 0 saturated carbocycles. The van der Waals surface area contributed by atoms with Crippen LogP contribution in [0.1, 0.15) is 31.0 Å². The predicted octanol–water partition coefficient (Wildman–Crippen LogP) is 3.47. The minimum absolute atomic E-state index is 0.0651. The highest BCUT2D eigenvalue weighted by molar-refractivity contribution is 9.10. The molecule has 1 atom stereocenters. The van der Waals surface area contributed by atoms with E-state index in [1.807, 2.05) is 24.3 Å². The molecule has 0 radical (unpaired) electrons. The Morgan fingerprint density at radius 1 is 1.30 bits per heavy atom. The number of halogens is 1. The maximum Gasteiger partial charge on any atom is 0.338 e. The first-order valence-corrected chi connectivity index (χ1v) is 11.6. The van der Waals surface area contributed by atoms with Crippen LogP contribution in [-0.2, 0) is 9.53 Å². The van der Waals surface area contributed by atoms with Gasteiger partial charge in [-0.2, -0.15) is 0 Å². The number of carbonyl (C=O) groups is 1. The second-order valence-corrected chi connectivity index (χ2v) is 9.13. The monoisotopic (exact) mass is 527 g/mol. The molecule has 0 N–H and O–H groups in total. The van der Waals surface area contributed by atoms with Crippen LogP contribution in [0.15, 0.2) is 74.1 Å². The molecule has 168 valence electrons. The molecule has 0 amide bonds. The van der Waals surface area contributed by atoms with E-state index in [1.165, 1.54) is 28.0 Å². The summed E-state index contributed by atoms with van der Waals surface area (Å²) in [4.78, 5) is 41.9. The summed E-state index contributed by atoms with van der Waals surface area (Å²) in [7, 11) is 0.